The number of para-hydroxylation sites is 3. The zero-order valence-corrected chi connectivity index (χ0v) is 26.1. The van der Waals surface area contributed by atoms with Crippen molar-refractivity contribution in [2.75, 3.05) is 0 Å². The van der Waals surface area contributed by atoms with E-state index in [0.29, 0.717) is 22.8 Å². The number of nitrogens with zero attached hydrogens (tertiary/aromatic N) is 4. The Morgan fingerprint density at radius 2 is 1.04 bits per heavy atom. The lowest BCUT2D eigenvalue weighted by molar-refractivity contribution is 0.669. The SMILES string of the molecule is [B]c1c([B])c([B])c(-c2nc(-c3ccccc3)nc(-c3cccc4c3oc3ccc(-n5c6ccccc6c6ccccc65)cc34)n2)c([B])c1[B]. The van der Waals surface area contributed by atoms with Gasteiger partial charge in [0.1, 0.15) is 50.4 Å². The van der Waals surface area contributed by atoms with Crippen molar-refractivity contribution in [1.29, 1.82) is 0 Å². The first-order valence-electron chi connectivity index (χ1n) is 15.7. The highest BCUT2D eigenvalue weighted by Crippen LogP contribution is 2.38. The van der Waals surface area contributed by atoms with Gasteiger partial charge >= 0.3 is 0 Å². The van der Waals surface area contributed by atoms with Gasteiger partial charge in [-0.15, -0.1) is 16.4 Å². The minimum Gasteiger partial charge on any atom is -0.455 e. The van der Waals surface area contributed by atoms with E-state index in [0.717, 1.165) is 38.6 Å². The number of aromatic nitrogens is 4. The summed E-state index contributed by atoms with van der Waals surface area (Å²) in [6.45, 7) is 0. The molecule has 0 aliphatic heterocycles. The fourth-order valence-corrected chi connectivity index (χ4v) is 6.72. The van der Waals surface area contributed by atoms with Crippen molar-refractivity contribution in [1.82, 2.24) is 19.5 Å². The topological polar surface area (TPSA) is 56.7 Å². The second-order valence-corrected chi connectivity index (χ2v) is 12.0. The van der Waals surface area contributed by atoms with E-state index in [4.69, 9.17) is 58.6 Å². The molecule has 0 aliphatic rings. The third-order valence-electron chi connectivity index (χ3n) is 9.15. The molecule has 0 bridgehead atoms. The van der Waals surface area contributed by atoms with Gasteiger partial charge in [0.25, 0.3) is 0 Å². The first-order chi connectivity index (χ1) is 23.9. The molecule has 216 valence electrons. The number of furan rings is 1. The summed E-state index contributed by atoms with van der Waals surface area (Å²) in [6.07, 6.45) is 0. The Balaban J connectivity index is 1.28. The van der Waals surface area contributed by atoms with Gasteiger partial charge in [0.05, 0.1) is 16.6 Å². The van der Waals surface area contributed by atoms with E-state index in [1.165, 1.54) is 10.8 Å². The molecule has 0 saturated carbocycles. The quantitative estimate of drug-likeness (QED) is 0.283. The van der Waals surface area contributed by atoms with Gasteiger partial charge in [-0.1, -0.05) is 89.8 Å². The normalized spacial score (nSPS) is 11.7. The standard InChI is InChI=1S/C39H19B5N4O/c40-31-30(32(41)34(43)35(44)33(31)42)39-46-37(20-9-2-1-3-10-20)45-38(47-39)25-14-8-13-24-26-19-21(17-18-29(26)49-36(24)25)48-27-15-6-4-11-22(27)23-12-5-7-16-28(23)48/h1-19H. The second kappa shape index (κ2) is 11.2. The zero-order chi connectivity index (χ0) is 33.4. The fourth-order valence-electron chi connectivity index (χ4n) is 6.72. The molecule has 49 heavy (non-hydrogen) atoms. The highest BCUT2D eigenvalue weighted by molar-refractivity contribution is 6.68. The summed E-state index contributed by atoms with van der Waals surface area (Å²) < 4.78 is 8.85. The van der Waals surface area contributed by atoms with E-state index in [1.807, 2.05) is 54.6 Å². The number of benzene rings is 6. The van der Waals surface area contributed by atoms with Crippen LogP contribution in [0.15, 0.2) is 120 Å². The van der Waals surface area contributed by atoms with Gasteiger partial charge in [0.2, 0.25) is 0 Å². The molecular formula is C39H19B5N4O. The lowest BCUT2D eigenvalue weighted by Gasteiger charge is -2.20. The van der Waals surface area contributed by atoms with E-state index < -0.39 is 0 Å². The Morgan fingerprint density at radius 1 is 0.469 bits per heavy atom. The van der Waals surface area contributed by atoms with Crippen molar-refractivity contribution < 1.29 is 4.42 Å². The summed E-state index contributed by atoms with van der Waals surface area (Å²) in [7, 11) is 31.5. The third-order valence-corrected chi connectivity index (χ3v) is 9.15. The zero-order valence-electron chi connectivity index (χ0n) is 26.1. The lowest BCUT2D eigenvalue weighted by atomic mass is 9.60. The summed E-state index contributed by atoms with van der Waals surface area (Å²) >= 11 is 0. The summed E-state index contributed by atoms with van der Waals surface area (Å²) in [4.78, 5) is 14.6. The molecule has 3 aromatic heterocycles. The van der Waals surface area contributed by atoms with Crippen molar-refractivity contribution >= 4 is 110 Å². The van der Waals surface area contributed by atoms with Crippen molar-refractivity contribution in [3.05, 3.63) is 115 Å². The van der Waals surface area contributed by atoms with Crippen LogP contribution in [0.2, 0.25) is 0 Å². The monoisotopic (exact) mass is 614 g/mol. The summed E-state index contributed by atoms with van der Waals surface area (Å²) in [5.41, 5.74) is 7.00. The predicted octanol–water partition coefficient (Wildman–Crippen LogP) is 3.84. The fraction of sp³-hybridized carbons (Fsp3) is 0. The maximum Gasteiger partial charge on any atom is 0.167 e. The molecule has 0 fully saturated rings. The van der Waals surface area contributed by atoms with Gasteiger partial charge < -0.3 is 8.98 Å². The molecule has 0 atom stereocenters. The lowest BCUT2D eigenvalue weighted by Crippen LogP contribution is -2.55. The van der Waals surface area contributed by atoms with Crippen LogP contribution in [-0.2, 0) is 0 Å². The Kier molecular flexibility index (Phi) is 6.70. The van der Waals surface area contributed by atoms with Crippen LogP contribution in [0.25, 0.3) is 83.6 Å². The van der Waals surface area contributed by atoms with Crippen LogP contribution in [0.1, 0.15) is 0 Å². The van der Waals surface area contributed by atoms with E-state index in [9.17, 15) is 0 Å². The molecule has 0 unspecified atom stereocenters. The van der Waals surface area contributed by atoms with E-state index in [2.05, 4.69) is 65.2 Å². The third kappa shape index (κ3) is 4.51. The van der Waals surface area contributed by atoms with Crippen LogP contribution in [0, 0.1) is 0 Å². The molecule has 0 saturated heterocycles. The predicted molar refractivity (Wildman–Crippen MR) is 205 cm³/mol. The largest absolute Gasteiger partial charge is 0.455 e. The number of fused-ring (bicyclic) bond motifs is 6. The average molecular weight is 614 g/mol. The van der Waals surface area contributed by atoms with Crippen LogP contribution >= 0.6 is 0 Å². The first-order valence-corrected chi connectivity index (χ1v) is 15.7. The molecule has 5 nitrogen and oxygen atoms in total. The molecule has 10 heteroatoms. The molecule has 10 radical (unpaired) electrons. The minimum atomic E-state index is 0.114. The van der Waals surface area contributed by atoms with Crippen molar-refractivity contribution in [3.63, 3.8) is 0 Å². The van der Waals surface area contributed by atoms with E-state index in [-0.39, 0.29) is 38.7 Å². The average Bonchev–Trinajstić information content (AvgIpc) is 3.69. The Labute approximate surface area is 288 Å². The molecule has 9 aromatic rings. The summed E-state index contributed by atoms with van der Waals surface area (Å²) in [5.74, 6) is 0.984. The summed E-state index contributed by atoms with van der Waals surface area (Å²) in [5, 5.41) is 4.27. The first kappa shape index (κ1) is 29.4. The van der Waals surface area contributed by atoms with Crippen molar-refractivity contribution in [2.24, 2.45) is 0 Å². The van der Waals surface area contributed by atoms with Gasteiger partial charge in [-0.2, -0.15) is 0 Å². The van der Waals surface area contributed by atoms with Crippen molar-refractivity contribution in [2.45, 2.75) is 0 Å². The molecule has 3 heterocycles. The number of hydrogen-bond acceptors (Lipinski definition) is 4. The van der Waals surface area contributed by atoms with Gasteiger partial charge in [-0.05, 0) is 36.4 Å². The summed E-state index contributed by atoms with van der Waals surface area (Å²) in [6, 6.07) is 38.7. The van der Waals surface area contributed by atoms with Crippen LogP contribution in [0.3, 0.4) is 0 Å². The van der Waals surface area contributed by atoms with Crippen LogP contribution in [-0.4, -0.2) is 58.8 Å². The highest BCUT2D eigenvalue weighted by Gasteiger charge is 2.21. The number of rotatable bonds is 4. The van der Waals surface area contributed by atoms with Gasteiger partial charge in [-0.3, -0.25) is 0 Å². The van der Waals surface area contributed by atoms with Crippen LogP contribution < -0.4 is 27.3 Å². The maximum atomic E-state index is 6.56. The Bertz CT molecular complexity index is 2710. The Hall–Kier alpha value is -5.75. The van der Waals surface area contributed by atoms with E-state index >= 15 is 0 Å². The van der Waals surface area contributed by atoms with Crippen LogP contribution in [0.5, 0.6) is 0 Å². The molecule has 0 amide bonds. The molecule has 0 N–H and O–H groups in total. The minimum absolute atomic E-state index is 0.114. The Morgan fingerprint density at radius 3 is 1.73 bits per heavy atom. The highest BCUT2D eigenvalue weighted by atomic mass is 16.3. The molecule has 0 aliphatic carbocycles. The van der Waals surface area contributed by atoms with Gasteiger partial charge in [0.15, 0.2) is 17.5 Å². The number of hydrogen-bond donors (Lipinski definition) is 0. The molecule has 9 rings (SSSR count). The second-order valence-electron chi connectivity index (χ2n) is 12.0. The van der Waals surface area contributed by atoms with Gasteiger partial charge in [0, 0.05) is 38.4 Å². The molecular weight excluding hydrogens is 595 g/mol. The van der Waals surface area contributed by atoms with Crippen LogP contribution in [0.4, 0.5) is 0 Å². The van der Waals surface area contributed by atoms with Gasteiger partial charge in [-0.25, -0.2) is 15.0 Å². The molecule has 0 spiro atoms. The molecule has 6 aromatic carbocycles. The smallest absolute Gasteiger partial charge is 0.167 e. The maximum absolute atomic E-state index is 6.56. The van der Waals surface area contributed by atoms with Crippen molar-refractivity contribution in [3.8, 4) is 39.9 Å². The van der Waals surface area contributed by atoms with E-state index in [1.54, 1.807) is 0 Å².